The number of nitrogens with two attached hydrogens (primary N) is 2. The van der Waals surface area contributed by atoms with E-state index in [1.54, 1.807) is 6.07 Å². The van der Waals surface area contributed by atoms with Crippen LogP contribution in [0.2, 0.25) is 0 Å². The van der Waals surface area contributed by atoms with E-state index in [-0.39, 0.29) is 5.54 Å². The minimum atomic E-state index is -0.421. The molecule has 2 unspecified atom stereocenters. The molecule has 5 N–H and O–H groups in total. The number of rotatable bonds is 4. The van der Waals surface area contributed by atoms with Crippen molar-refractivity contribution in [1.29, 1.82) is 0 Å². The molecule has 2 rings (SSSR count). The zero-order chi connectivity index (χ0) is 14.8. The first-order chi connectivity index (χ1) is 9.48. The first-order valence-corrected chi connectivity index (χ1v) is 7.85. The molecule has 0 aromatic heterocycles. The molecule has 1 aliphatic carbocycles. The van der Waals surface area contributed by atoms with E-state index in [2.05, 4.69) is 28.2 Å². The van der Waals surface area contributed by atoms with Gasteiger partial charge in [-0.2, -0.15) is 0 Å². The highest BCUT2D eigenvalue weighted by Crippen LogP contribution is 2.37. The molecule has 110 valence electrons. The maximum absolute atomic E-state index is 11.6. The average molecular weight is 340 g/mol. The van der Waals surface area contributed by atoms with E-state index >= 15 is 0 Å². The van der Waals surface area contributed by atoms with E-state index in [4.69, 9.17) is 11.5 Å². The van der Waals surface area contributed by atoms with Crippen molar-refractivity contribution in [2.75, 3.05) is 11.9 Å². The van der Waals surface area contributed by atoms with Crippen LogP contribution in [0.5, 0.6) is 0 Å². The monoisotopic (exact) mass is 339 g/mol. The Morgan fingerprint density at radius 2 is 2.25 bits per heavy atom. The Morgan fingerprint density at radius 3 is 2.85 bits per heavy atom. The van der Waals surface area contributed by atoms with Crippen molar-refractivity contribution in [3.05, 3.63) is 28.2 Å². The maximum atomic E-state index is 11.6. The van der Waals surface area contributed by atoms with Gasteiger partial charge in [-0.1, -0.05) is 35.7 Å². The second-order valence-corrected chi connectivity index (χ2v) is 6.60. The maximum Gasteiger partial charge on any atom is 0.250 e. The Morgan fingerprint density at radius 1 is 1.50 bits per heavy atom. The zero-order valence-corrected chi connectivity index (χ0v) is 13.4. The van der Waals surface area contributed by atoms with Crippen LogP contribution in [0.15, 0.2) is 22.7 Å². The van der Waals surface area contributed by atoms with Crippen molar-refractivity contribution in [3.8, 4) is 0 Å². The van der Waals surface area contributed by atoms with Crippen LogP contribution in [-0.2, 0) is 0 Å². The SMILES string of the molecule is CC1CCCCC1(CN)Nc1cc(Br)ccc1C(N)=O. The van der Waals surface area contributed by atoms with Gasteiger partial charge in [-0.05, 0) is 37.0 Å². The van der Waals surface area contributed by atoms with Crippen LogP contribution in [0, 0.1) is 5.92 Å². The molecule has 0 radical (unpaired) electrons. The predicted octanol–water partition coefficient (Wildman–Crippen LogP) is 2.87. The number of primary amides is 1. The molecule has 1 aliphatic rings. The van der Waals surface area contributed by atoms with Crippen molar-refractivity contribution >= 4 is 27.5 Å². The van der Waals surface area contributed by atoms with Gasteiger partial charge in [0, 0.05) is 16.7 Å². The van der Waals surface area contributed by atoms with Crippen molar-refractivity contribution in [1.82, 2.24) is 0 Å². The van der Waals surface area contributed by atoms with Crippen LogP contribution in [0.25, 0.3) is 0 Å². The van der Waals surface area contributed by atoms with Crippen LogP contribution in [0.3, 0.4) is 0 Å². The molecule has 0 aliphatic heterocycles. The number of halogens is 1. The summed E-state index contributed by atoms with van der Waals surface area (Å²) in [5, 5.41) is 3.53. The summed E-state index contributed by atoms with van der Waals surface area (Å²) in [7, 11) is 0. The van der Waals surface area contributed by atoms with Crippen LogP contribution in [-0.4, -0.2) is 18.0 Å². The lowest BCUT2D eigenvalue weighted by atomic mass is 9.73. The van der Waals surface area contributed by atoms with Gasteiger partial charge in [-0.15, -0.1) is 0 Å². The molecule has 1 aromatic rings. The Balaban J connectivity index is 2.36. The summed E-state index contributed by atoms with van der Waals surface area (Å²) in [5.74, 6) is 0.0524. The van der Waals surface area contributed by atoms with Gasteiger partial charge >= 0.3 is 0 Å². The standard InChI is InChI=1S/C15H22BrN3O/c1-10-4-2-3-7-15(10,9-17)19-13-8-11(16)5-6-12(13)14(18)20/h5-6,8,10,19H,2-4,7,9,17H2,1H3,(H2,18,20). The summed E-state index contributed by atoms with van der Waals surface area (Å²) < 4.78 is 0.917. The minimum absolute atomic E-state index is 0.150. The molecule has 1 amide bonds. The van der Waals surface area contributed by atoms with E-state index in [0.29, 0.717) is 18.0 Å². The van der Waals surface area contributed by atoms with Crippen molar-refractivity contribution in [2.24, 2.45) is 17.4 Å². The third-order valence-corrected chi connectivity index (χ3v) is 4.94. The van der Waals surface area contributed by atoms with Gasteiger partial charge in [0.2, 0.25) is 0 Å². The largest absolute Gasteiger partial charge is 0.377 e. The fraction of sp³-hybridized carbons (Fsp3) is 0.533. The smallest absolute Gasteiger partial charge is 0.250 e. The van der Waals surface area contributed by atoms with Gasteiger partial charge < -0.3 is 16.8 Å². The lowest BCUT2D eigenvalue weighted by Crippen LogP contribution is -2.52. The Bertz CT molecular complexity index is 506. The molecule has 0 spiro atoms. The molecular weight excluding hydrogens is 318 g/mol. The third-order valence-electron chi connectivity index (χ3n) is 4.45. The topological polar surface area (TPSA) is 81.1 Å². The van der Waals surface area contributed by atoms with Crippen LogP contribution in [0.1, 0.15) is 43.0 Å². The second-order valence-electron chi connectivity index (χ2n) is 5.69. The van der Waals surface area contributed by atoms with Crippen LogP contribution >= 0.6 is 15.9 Å². The number of anilines is 1. The Labute approximate surface area is 128 Å². The summed E-state index contributed by atoms with van der Waals surface area (Å²) in [4.78, 5) is 11.6. The molecule has 0 heterocycles. The number of carbonyl (C=O) groups is 1. The van der Waals surface area contributed by atoms with Gasteiger partial charge in [-0.3, -0.25) is 4.79 Å². The van der Waals surface area contributed by atoms with E-state index in [1.165, 1.54) is 6.42 Å². The van der Waals surface area contributed by atoms with Gasteiger partial charge in [0.05, 0.1) is 11.1 Å². The molecule has 1 fully saturated rings. The summed E-state index contributed by atoms with van der Waals surface area (Å²) >= 11 is 3.44. The van der Waals surface area contributed by atoms with Gasteiger partial charge in [0.25, 0.3) is 5.91 Å². The number of hydrogen-bond acceptors (Lipinski definition) is 3. The number of nitrogens with one attached hydrogen (secondary N) is 1. The first-order valence-electron chi connectivity index (χ1n) is 7.06. The van der Waals surface area contributed by atoms with Crippen molar-refractivity contribution in [3.63, 3.8) is 0 Å². The van der Waals surface area contributed by atoms with Crippen molar-refractivity contribution in [2.45, 2.75) is 38.1 Å². The summed E-state index contributed by atoms with van der Waals surface area (Å²) in [6.45, 7) is 2.78. The van der Waals surface area contributed by atoms with E-state index < -0.39 is 5.91 Å². The zero-order valence-electron chi connectivity index (χ0n) is 11.8. The van der Waals surface area contributed by atoms with E-state index in [1.807, 2.05) is 12.1 Å². The third kappa shape index (κ3) is 2.99. The molecule has 5 heteroatoms. The normalized spacial score (nSPS) is 26.2. The summed E-state index contributed by atoms with van der Waals surface area (Å²) in [5.41, 5.74) is 12.6. The summed E-state index contributed by atoms with van der Waals surface area (Å²) in [6, 6.07) is 5.47. The first kappa shape index (κ1) is 15.3. The van der Waals surface area contributed by atoms with Crippen molar-refractivity contribution < 1.29 is 4.79 Å². The number of benzene rings is 1. The fourth-order valence-electron chi connectivity index (χ4n) is 3.06. The Hall–Kier alpha value is -1.07. The molecule has 2 atom stereocenters. The highest BCUT2D eigenvalue weighted by Gasteiger charge is 2.37. The number of carbonyl (C=O) groups excluding carboxylic acids is 1. The van der Waals surface area contributed by atoms with Crippen LogP contribution < -0.4 is 16.8 Å². The fourth-order valence-corrected chi connectivity index (χ4v) is 3.42. The van der Waals surface area contributed by atoms with Gasteiger partial charge in [-0.25, -0.2) is 0 Å². The highest BCUT2D eigenvalue weighted by atomic mass is 79.9. The van der Waals surface area contributed by atoms with Gasteiger partial charge in [0.1, 0.15) is 0 Å². The molecule has 0 saturated heterocycles. The number of hydrogen-bond donors (Lipinski definition) is 3. The molecule has 20 heavy (non-hydrogen) atoms. The molecule has 0 bridgehead atoms. The predicted molar refractivity (Wildman–Crippen MR) is 85.7 cm³/mol. The quantitative estimate of drug-likeness (QED) is 0.788. The lowest BCUT2D eigenvalue weighted by molar-refractivity contribution is 0.100. The minimum Gasteiger partial charge on any atom is -0.377 e. The highest BCUT2D eigenvalue weighted by molar-refractivity contribution is 9.10. The Kier molecular flexibility index (Phi) is 4.70. The molecular formula is C15H22BrN3O. The lowest BCUT2D eigenvalue weighted by Gasteiger charge is -2.43. The van der Waals surface area contributed by atoms with E-state index in [9.17, 15) is 4.79 Å². The molecule has 4 nitrogen and oxygen atoms in total. The second kappa shape index (κ2) is 6.14. The summed E-state index contributed by atoms with van der Waals surface area (Å²) in [6.07, 6.45) is 4.58. The van der Waals surface area contributed by atoms with Gasteiger partial charge in [0.15, 0.2) is 0 Å². The average Bonchev–Trinajstić information content (AvgIpc) is 2.41. The number of amides is 1. The van der Waals surface area contributed by atoms with E-state index in [0.717, 1.165) is 29.4 Å². The van der Waals surface area contributed by atoms with Crippen LogP contribution in [0.4, 0.5) is 5.69 Å². The molecule has 1 aromatic carbocycles. The molecule has 1 saturated carbocycles.